The van der Waals surface area contributed by atoms with Gasteiger partial charge in [0.2, 0.25) is 0 Å². The SMILES string of the molecule is c1ccc2c(c1)Oc1csc(-c3scc4c3Oc3ccccc3O4)c1O2. The van der Waals surface area contributed by atoms with Crippen molar-refractivity contribution >= 4 is 22.7 Å². The number of hydrogen-bond acceptors (Lipinski definition) is 6. The minimum absolute atomic E-state index is 0.715. The highest BCUT2D eigenvalue weighted by Gasteiger charge is 2.30. The maximum absolute atomic E-state index is 6.13. The summed E-state index contributed by atoms with van der Waals surface area (Å²) in [5.74, 6) is 5.78. The summed E-state index contributed by atoms with van der Waals surface area (Å²) < 4.78 is 24.2. The lowest BCUT2D eigenvalue weighted by Crippen LogP contribution is -1.98. The van der Waals surface area contributed by atoms with Crippen LogP contribution < -0.4 is 18.9 Å². The van der Waals surface area contributed by atoms with E-state index in [0.29, 0.717) is 11.5 Å². The Morgan fingerprint density at radius 3 is 1.27 bits per heavy atom. The van der Waals surface area contributed by atoms with Gasteiger partial charge in [-0.2, -0.15) is 0 Å². The van der Waals surface area contributed by atoms with Gasteiger partial charge in [0, 0.05) is 10.8 Å². The van der Waals surface area contributed by atoms with Gasteiger partial charge in [-0.05, 0) is 24.3 Å². The quantitative estimate of drug-likeness (QED) is 0.301. The van der Waals surface area contributed by atoms with Crippen molar-refractivity contribution in [2.24, 2.45) is 0 Å². The molecule has 2 aromatic carbocycles. The zero-order chi connectivity index (χ0) is 17.1. The first-order valence-corrected chi connectivity index (χ1v) is 9.75. The van der Waals surface area contributed by atoms with Crippen LogP contribution in [-0.2, 0) is 0 Å². The Morgan fingerprint density at radius 1 is 0.462 bits per heavy atom. The topological polar surface area (TPSA) is 36.9 Å². The average Bonchev–Trinajstić information content (AvgIpc) is 3.27. The second-order valence-corrected chi connectivity index (χ2v) is 7.58. The second kappa shape index (κ2) is 5.27. The minimum Gasteiger partial charge on any atom is -0.449 e. The van der Waals surface area contributed by atoms with Gasteiger partial charge in [0.15, 0.2) is 46.0 Å². The molecule has 4 aromatic rings. The maximum atomic E-state index is 6.13. The first-order chi connectivity index (χ1) is 12.9. The fraction of sp³-hybridized carbons (Fsp3) is 0. The molecule has 26 heavy (non-hydrogen) atoms. The van der Waals surface area contributed by atoms with E-state index >= 15 is 0 Å². The summed E-state index contributed by atoms with van der Waals surface area (Å²) in [5.41, 5.74) is 0. The Morgan fingerprint density at radius 2 is 0.846 bits per heavy atom. The summed E-state index contributed by atoms with van der Waals surface area (Å²) in [6.45, 7) is 0. The van der Waals surface area contributed by atoms with Crippen molar-refractivity contribution in [1.29, 1.82) is 0 Å². The molecule has 2 aliphatic heterocycles. The molecule has 6 rings (SSSR count). The fourth-order valence-electron chi connectivity index (χ4n) is 3.00. The Hall–Kier alpha value is -2.96. The molecule has 0 atom stereocenters. The predicted molar refractivity (Wildman–Crippen MR) is 101 cm³/mol. The molecule has 0 amide bonds. The van der Waals surface area contributed by atoms with Crippen molar-refractivity contribution in [2.45, 2.75) is 0 Å². The Bertz CT molecular complexity index is 1070. The third kappa shape index (κ3) is 2.00. The molecular weight excluding hydrogens is 368 g/mol. The van der Waals surface area contributed by atoms with Crippen molar-refractivity contribution in [3.8, 4) is 55.8 Å². The first-order valence-electron chi connectivity index (χ1n) is 7.99. The molecule has 0 saturated heterocycles. The molecule has 4 heterocycles. The highest BCUT2D eigenvalue weighted by atomic mass is 32.1. The molecule has 0 bridgehead atoms. The van der Waals surface area contributed by atoms with Crippen molar-refractivity contribution < 1.29 is 18.9 Å². The molecule has 0 unspecified atom stereocenters. The van der Waals surface area contributed by atoms with Gasteiger partial charge >= 0.3 is 0 Å². The van der Waals surface area contributed by atoms with Crippen LogP contribution in [0.15, 0.2) is 59.3 Å². The number of fused-ring (bicyclic) bond motifs is 4. The van der Waals surface area contributed by atoms with Crippen LogP contribution in [0.3, 0.4) is 0 Å². The average molecular weight is 378 g/mol. The number of ether oxygens (including phenoxy) is 4. The summed E-state index contributed by atoms with van der Waals surface area (Å²) in [5, 5.41) is 3.93. The lowest BCUT2D eigenvalue weighted by molar-refractivity contribution is 0.360. The van der Waals surface area contributed by atoms with Gasteiger partial charge in [0.05, 0.1) is 9.75 Å². The lowest BCUT2D eigenvalue weighted by atomic mass is 10.2. The van der Waals surface area contributed by atoms with Gasteiger partial charge in [-0.15, -0.1) is 22.7 Å². The van der Waals surface area contributed by atoms with E-state index in [2.05, 4.69) is 0 Å². The van der Waals surface area contributed by atoms with E-state index < -0.39 is 0 Å². The van der Waals surface area contributed by atoms with E-state index in [9.17, 15) is 0 Å². The van der Waals surface area contributed by atoms with E-state index in [-0.39, 0.29) is 0 Å². The van der Waals surface area contributed by atoms with Gasteiger partial charge in [0.1, 0.15) is 0 Å². The smallest absolute Gasteiger partial charge is 0.189 e. The van der Waals surface area contributed by atoms with Crippen molar-refractivity contribution in [1.82, 2.24) is 0 Å². The molecule has 0 spiro atoms. The van der Waals surface area contributed by atoms with Crippen LogP contribution in [0, 0.1) is 0 Å². The van der Waals surface area contributed by atoms with Crippen molar-refractivity contribution in [3.63, 3.8) is 0 Å². The minimum atomic E-state index is 0.715. The maximum Gasteiger partial charge on any atom is 0.189 e. The largest absolute Gasteiger partial charge is 0.449 e. The molecule has 2 aromatic heterocycles. The highest BCUT2D eigenvalue weighted by Crippen LogP contribution is 2.59. The van der Waals surface area contributed by atoms with E-state index in [0.717, 1.165) is 44.3 Å². The van der Waals surface area contributed by atoms with Gasteiger partial charge < -0.3 is 18.9 Å². The predicted octanol–water partition coefficient (Wildman–Crippen LogP) is 7.27. The van der Waals surface area contributed by atoms with Crippen LogP contribution in [-0.4, -0.2) is 0 Å². The molecule has 0 saturated carbocycles. The molecule has 2 aliphatic rings. The van der Waals surface area contributed by atoms with Gasteiger partial charge in [-0.25, -0.2) is 0 Å². The van der Waals surface area contributed by atoms with Crippen LogP contribution in [0.4, 0.5) is 0 Å². The third-order valence-electron chi connectivity index (χ3n) is 4.20. The zero-order valence-electron chi connectivity index (χ0n) is 13.2. The molecule has 0 aliphatic carbocycles. The van der Waals surface area contributed by atoms with Crippen molar-refractivity contribution in [2.75, 3.05) is 0 Å². The molecule has 6 heteroatoms. The normalized spacial score (nSPS) is 13.1. The number of benzene rings is 2. The highest BCUT2D eigenvalue weighted by molar-refractivity contribution is 7.21. The second-order valence-electron chi connectivity index (χ2n) is 5.82. The van der Waals surface area contributed by atoms with E-state index in [1.807, 2.05) is 59.3 Å². The van der Waals surface area contributed by atoms with Crippen LogP contribution in [0.5, 0.6) is 46.0 Å². The van der Waals surface area contributed by atoms with Crippen LogP contribution in [0.25, 0.3) is 9.75 Å². The Kier molecular flexibility index (Phi) is 2.88. The standard InChI is InChI=1S/C20H10O4S2/c1-3-7-13-11(5-1)21-15-9-25-19(17(15)23-13)20-18-16(10-26-20)22-12-6-2-4-8-14(12)24-18/h1-10H. The van der Waals surface area contributed by atoms with Crippen molar-refractivity contribution in [3.05, 3.63) is 59.3 Å². The third-order valence-corrected chi connectivity index (χ3v) is 6.24. The van der Waals surface area contributed by atoms with Gasteiger partial charge in [0.25, 0.3) is 0 Å². The summed E-state index contributed by atoms with van der Waals surface area (Å²) >= 11 is 3.15. The van der Waals surface area contributed by atoms with Gasteiger partial charge in [-0.1, -0.05) is 24.3 Å². The number of thiophene rings is 2. The number of rotatable bonds is 1. The molecule has 0 radical (unpaired) electrons. The number of para-hydroxylation sites is 4. The Balaban J connectivity index is 1.44. The van der Waals surface area contributed by atoms with E-state index in [1.165, 1.54) is 0 Å². The van der Waals surface area contributed by atoms with E-state index in [4.69, 9.17) is 18.9 Å². The van der Waals surface area contributed by atoms with E-state index in [1.54, 1.807) is 22.7 Å². The van der Waals surface area contributed by atoms with Crippen LogP contribution >= 0.6 is 22.7 Å². The number of hydrogen-bond donors (Lipinski definition) is 0. The monoisotopic (exact) mass is 378 g/mol. The fourth-order valence-corrected chi connectivity index (χ4v) is 4.95. The molecule has 0 N–H and O–H groups in total. The molecular formula is C20H10O4S2. The summed E-state index contributed by atoms with van der Waals surface area (Å²) in [4.78, 5) is 1.95. The molecule has 4 nitrogen and oxygen atoms in total. The molecule has 126 valence electrons. The summed E-state index contributed by atoms with van der Waals surface area (Å²) in [7, 11) is 0. The first kappa shape index (κ1) is 14.2. The van der Waals surface area contributed by atoms with Gasteiger partial charge in [-0.3, -0.25) is 0 Å². The molecule has 0 fully saturated rings. The Labute approximate surface area is 156 Å². The lowest BCUT2D eigenvalue weighted by Gasteiger charge is -2.20. The zero-order valence-corrected chi connectivity index (χ0v) is 14.9. The summed E-state index contributed by atoms with van der Waals surface area (Å²) in [6, 6.07) is 15.3. The summed E-state index contributed by atoms with van der Waals surface area (Å²) in [6.07, 6.45) is 0. The van der Waals surface area contributed by atoms with Crippen LogP contribution in [0.2, 0.25) is 0 Å². The van der Waals surface area contributed by atoms with Crippen LogP contribution in [0.1, 0.15) is 0 Å².